The van der Waals surface area contributed by atoms with Gasteiger partial charge in [-0.15, -0.1) is 0 Å². The molecule has 1 aliphatic carbocycles. The Kier molecular flexibility index (Phi) is 5.65. The Morgan fingerprint density at radius 3 is 2.53 bits per heavy atom. The van der Waals surface area contributed by atoms with E-state index in [9.17, 15) is 4.79 Å². The van der Waals surface area contributed by atoms with Crippen LogP contribution in [0.15, 0.2) is 22.7 Å². The monoisotopic (exact) mass is 436 g/mol. The van der Waals surface area contributed by atoms with Crippen LogP contribution in [-0.2, 0) is 0 Å². The smallest absolute Gasteiger partial charge is 0.252 e. The number of nitrogens with one attached hydrogen (secondary N) is 2. The first-order chi connectivity index (χ1) is 9.10. The molecule has 2 rings (SSSR count). The first-order valence-electron chi connectivity index (χ1n) is 6.53. The highest BCUT2D eigenvalue weighted by Gasteiger charge is 2.22. The standard InChI is InChI=1S/C14H18BrIN2O/c1-17-10-3-5-11(6-4-10)18-14(19)12-8-9(15)2-7-13(12)16/h2,7-8,10-11,17H,3-6H2,1H3,(H,18,19). The van der Waals surface area contributed by atoms with Crippen molar-refractivity contribution in [2.24, 2.45) is 0 Å². The predicted octanol–water partition coefficient (Wildman–Crippen LogP) is 3.31. The second-order valence-corrected chi connectivity index (χ2v) is 7.01. The highest BCUT2D eigenvalue weighted by atomic mass is 127. The van der Waals surface area contributed by atoms with Gasteiger partial charge in [0.05, 0.1) is 5.56 Å². The summed E-state index contributed by atoms with van der Waals surface area (Å²) < 4.78 is 1.93. The molecule has 0 heterocycles. The third-order valence-electron chi connectivity index (χ3n) is 3.64. The fourth-order valence-corrected chi connectivity index (χ4v) is 3.40. The normalized spacial score (nSPS) is 23.1. The molecule has 0 aromatic heterocycles. The Hall–Kier alpha value is -0.140. The molecule has 1 saturated carbocycles. The Morgan fingerprint density at radius 2 is 1.89 bits per heavy atom. The zero-order valence-corrected chi connectivity index (χ0v) is 14.6. The van der Waals surface area contributed by atoms with Crippen LogP contribution >= 0.6 is 38.5 Å². The molecule has 1 aromatic carbocycles. The van der Waals surface area contributed by atoms with E-state index in [0.29, 0.717) is 12.1 Å². The molecular weight excluding hydrogens is 419 g/mol. The Morgan fingerprint density at radius 1 is 1.26 bits per heavy atom. The van der Waals surface area contributed by atoms with Crippen molar-refractivity contribution in [1.82, 2.24) is 10.6 Å². The van der Waals surface area contributed by atoms with Crippen molar-refractivity contribution in [1.29, 1.82) is 0 Å². The lowest BCUT2D eigenvalue weighted by Crippen LogP contribution is -2.41. The van der Waals surface area contributed by atoms with E-state index >= 15 is 0 Å². The van der Waals surface area contributed by atoms with E-state index in [-0.39, 0.29) is 5.91 Å². The van der Waals surface area contributed by atoms with Crippen LogP contribution in [0, 0.1) is 3.57 Å². The molecule has 5 heteroatoms. The van der Waals surface area contributed by atoms with Gasteiger partial charge in [-0.3, -0.25) is 4.79 Å². The maximum absolute atomic E-state index is 12.3. The summed E-state index contributed by atoms with van der Waals surface area (Å²) >= 11 is 5.62. The second-order valence-electron chi connectivity index (χ2n) is 4.93. The lowest BCUT2D eigenvalue weighted by atomic mass is 9.91. The molecule has 0 bridgehead atoms. The summed E-state index contributed by atoms with van der Waals surface area (Å²) in [5.41, 5.74) is 0.755. The number of rotatable bonds is 3. The summed E-state index contributed by atoms with van der Waals surface area (Å²) in [6.45, 7) is 0. The topological polar surface area (TPSA) is 41.1 Å². The number of benzene rings is 1. The van der Waals surface area contributed by atoms with Crippen molar-refractivity contribution in [2.45, 2.75) is 37.8 Å². The molecule has 1 amide bonds. The van der Waals surface area contributed by atoms with Crippen molar-refractivity contribution < 1.29 is 4.79 Å². The molecule has 19 heavy (non-hydrogen) atoms. The number of carbonyl (C=O) groups is 1. The van der Waals surface area contributed by atoms with E-state index in [0.717, 1.165) is 39.3 Å². The van der Waals surface area contributed by atoms with Crippen LogP contribution in [0.25, 0.3) is 0 Å². The first-order valence-corrected chi connectivity index (χ1v) is 8.40. The molecule has 0 atom stereocenters. The van der Waals surface area contributed by atoms with E-state index in [1.807, 2.05) is 25.2 Å². The largest absolute Gasteiger partial charge is 0.349 e. The van der Waals surface area contributed by atoms with Gasteiger partial charge in [-0.2, -0.15) is 0 Å². The zero-order valence-electron chi connectivity index (χ0n) is 10.9. The van der Waals surface area contributed by atoms with Gasteiger partial charge in [0.25, 0.3) is 5.91 Å². The van der Waals surface area contributed by atoms with Crippen LogP contribution in [-0.4, -0.2) is 25.0 Å². The van der Waals surface area contributed by atoms with Crippen molar-refractivity contribution in [3.05, 3.63) is 31.8 Å². The summed E-state index contributed by atoms with van der Waals surface area (Å²) in [4.78, 5) is 12.3. The van der Waals surface area contributed by atoms with Gasteiger partial charge < -0.3 is 10.6 Å². The molecule has 1 aromatic rings. The van der Waals surface area contributed by atoms with Gasteiger partial charge in [0, 0.05) is 20.1 Å². The molecule has 0 saturated heterocycles. The molecule has 104 valence electrons. The average Bonchev–Trinajstić information content (AvgIpc) is 2.42. The Balaban J connectivity index is 1.96. The van der Waals surface area contributed by atoms with Crippen molar-refractivity contribution in [2.75, 3.05) is 7.05 Å². The SMILES string of the molecule is CNC1CCC(NC(=O)c2cc(Br)ccc2I)CC1. The van der Waals surface area contributed by atoms with E-state index in [1.165, 1.54) is 0 Å². The van der Waals surface area contributed by atoms with Crippen molar-refractivity contribution in [3.63, 3.8) is 0 Å². The summed E-state index contributed by atoms with van der Waals surface area (Å²) in [6.07, 6.45) is 4.39. The quantitative estimate of drug-likeness (QED) is 0.713. The molecule has 0 unspecified atom stereocenters. The molecule has 1 aliphatic rings. The summed E-state index contributed by atoms with van der Waals surface area (Å²) in [5.74, 6) is 0.0404. The Bertz CT molecular complexity index is 459. The number of hydrogen-bond donors (Lipinski definition) is 2. The van der Waals surface area contributed by atoms with Crippen LogP contribution in [0.2, 0.25) is 0 Å². The minimum absolute atomic E-state index is 0.0404. The van der Waals surface area contributed by atoms with Gasteiger partial charge >= 0.3 is 0 Å². The Labute approximate surface area is 136 Å². The third kappa shape index (κ3) is 4.16. The maximum Gasteiger partial charge on any atom is 0.252 e. The van der Waals surface area contributed by atoms with E-state index < -0.39 is 0 Å². The van der Waals surface area contributed by atoms with Gasteiger partial charge in [0.1, 0.15) is 0 Å². The van der Waals surface area contributed by atoms with E-state index in [4.69, 9.17) is 0 Å². The van der Waals surface area contributed by atoms with Crippen LogP contribution < -0.4 is 10.6 Å². The van der Waals surface area contributed by atoms with Crippen molar-refractivity contribution >= 4 is 44.4 Å². The molecule has 3 nitrogen and oxygen atoms in total. The maximum atomic E-state index is 12.3. The summed E-state index contributed by atoms with van der Waals surface area (Å²) in [6, 6.07) is 6.72. The van der Waals surface area contributed by atoms with Crippen LogP contribution in [0.5, 0.6) is 0 Å². The van der Waals surface area contributed by atoms with E-state index in [1.54, 1.807) is 0 Å². The van der Waals surface area contributed by atoms with Gasteiger partial charge in [0.2, 0.25) is 0 Å². The summed E-state index contributed by atoms with van der Waals surface area (Å²) in [7, 11) is 2.01. The fraction of sp³-hybridized carbons (Fsp3) is 0.500. The van der Waals surface area contributed by atoms with Gasteiger partial charge in [-0.1, -0.05) is 15.9 Å². The number of amides is 1. The third-order valence-corrected chi connectivity index (χ3v) is 5.08. The zero-order chi connectivity index (χ0) is 13.8. The predicted molar refractivity (Wildman–Crippen MR) is 89.4 cm³/mol. The van der Waals surface area contributed by atoms with Crippen LogP contribution in [0.4, 0.5) is 0 Å². The molecular formula is C14H18BrIN2O. The fourth-order valence-electron chi connectivity index (χ4n) is 2.46. The molecule has 0 radical (unpaired) electrons. The molecule has 2 N–H and O–H groups in total. The molecule has 0 spiro atoms. The van der Waals surface area contributed by atoms with Gasteiger partial charge in [0.15, 0.2) is 0 Å². The number of hydrogen-bond acceptors (Lipinski definition) is 2. The van der Waals surface area contributed by atoms with Gasteiger partial charge in [-0.05, 0) is 73.5 Å². The highest BCUT2D eigenvalue weighted by Crippen LogP contribution is 2.21. The lowest BCUT2D eigenvalue weighted by molar-refractivity contribution is 0.0923. The lowest BCUT2D eigenvalue weighted by Gasteiger charge is -2.28. The van der Waals surface area contributed by atoms with Crippen molar-refractivity contribution in [3.8, 4) is 0 Å². The van der Waals surface area contributed by atoms with E-state index in [2.05, 4.69) is 49.2 Å². The number of carbonyl (C=O) groups excluding carboxylic acids is 1. The molecule has 0 aliphatic heterocycles. The molecule has 1 fully saturated rings. The average molecular weight is 437 g/mol. The van der Waals surface area contributed by atoms with Gasteiger partial charge in [-0.25, -0.2) is 0 Å². The first kappa shape index (κ1) is 15.3. The highest BCUT2D eigenvalue weighted by molar-refractivity contribution is 14.1. The minimum atomic E-state index is 0.0404. The minimum Gasteiger partial charge on any atom is -0.349 e. The summed E-state index contributed by atoms with van der Waals surface area (Å²) in [5, 5.41) is 6.46. The van der Waals surface area contributed by atoms with Crippen LogP contribution in [0.1, 0.15) is 36.0 Å². The number of halogens is 2. The van der Waals surface area contributed by atoms with Crippen LogP contribution in [0.3, 0.4) is 0 Å². The second kappa shape index (κ2) is 7.04.